The quantitative estimate of drug-likeness (QED) is 0.785. The highest BCUT2D eigenvalue weighted by Crippen LogP contribution is 2.28. The fraction of sp³-hybridized carbons (Fsp3) is 0.833. The summed E-state index contributed by atoms with van der Waals surface area (Å²) in [6.45, 7) is 0.762. The van der Waals surface area contributed by atoms with Crippen molar-refractivity contribution in [2.75, 3.05) is 12.8 Å². The van der Waals surface area contributed by atoms with Crippen LogP contribution >= 0.6 is 11.8 Å². The minimum absolute atomic E-state index is 0.406. The standard InChI is InChI=1S/C12H23N5S/c1-14-7-11-15-16-12(17(11)2)18-8-9-4-3-5-10(13)6-9/h9-10,14H,3-8,13H2,1-2H3/t9-,10+/m1/s1. The second-order valence-corrected chi connectivity index (χ2v) is 6.08. The van der Waals surface area contributed by atoms with Crippen molar-refractivity contribution in [3.63, 3.8) is 0 Å². The zero-order valence-corrected chi connectivity index (χ0v) is 12.0. The molecule has 1 aliphatic rings. The minimum Gasteiger partial charge on any atom is -0.328 e. The van der Waals surface area contributed by atoms with Crippen LogP contribution in [-0.2, 0) is 13.6 Å². The maximum atomic E-state index is 6.02. The molecule has 0 spiro atoms. The zero-order chi connectivity index (χ0) is 13.0. The molecule has 18 heavy (non-hydrogen) atoms. The van der Waals surface area contributed by atoms with Gasteiger partial charge in [-0.2, -0.15) is 0 Å². The van der Waals surface area contributed by atoms with E-state index in [2.05, 4.69) is 20.1 Å². The minimum atomic E-state index is 0.406. The number of hydrogen-bond acceptors (Lipinski definition) is 5. The maximum Gasteiger partial charge on any atom is 0.190 e. The van der Waals surface area contributed by atoms with Gasteiger partial charge in [-0.25, -0.2) is 0 Å². The lowest BCUT2D eigenvalue weighted by atomic mass is 9.87. The third-order valence-corrected chi connectivity index (χ3v) is 4.78. The Kier molecular flexibility index (Phi) is 5.03. The normalized spacial score (nSPS) is 24.4. The number of nitrogens with two attached hydrogens (primary N) is 1. The van der Waals surface area contributed by atoms with E-state index >= 15 is 0 Å². The van der Waals surface area contributed by atoms with E-state index in [-0.39, 0.29) is 0 Å². The van der Waals surface area contributed by atoms with Gasteiger partial charge in [0.15, 0.2) is 5.16 Å². The van der Waals surface area contributed by atoms with Crippen LogP contribution in [-0.4, -0.2) is 33.6 Å². The van der Waals surface area contributed by atoms with E-state index in [1.54, 1.807) is 0 Å². The number of nitrogens with zero attached hydrogens (tertiary/aromatic N) is 3. The van der Waals surface area contributed by atoms with Crippen molar-refractivity contribution in [1.29, 1.82) is 0 Å². The number of nitrogens with one attached hydrogen (secondary N) is 1. The van der Waals surface area contributed by atoms with Gasteiger partial charge in [0.2, 0.25) is 0 Å². The number of aromatic nitrogens is 3. The largest absolute Gasteiger partial charge is 0.328 e. The Morgan fingerprint density at radius 3 is 3.00 bits per heavy atom. The lowest BCUT2D eigenvalue weighted by Crippen LogP contribution is -2.28. The van der Waals surface area contributed by atoms with Crippen molar-refractivity contribution >= 4 is 11.8 Å². The van der Waals surface area contributed by atoms with Crippen LogP contribution in [0, 0.1) is 5.92 Å². The van der Waals surface area contributed by atoms with Crippen molar-refractivity contribution in [2.45, 2.75) is 43.4 Å². The Balaban J connectivity index is 1.86. The SMILES string of the molecule is CNCc1nnc(SC[C@@H]2CCC[C@H](N)C2)n1C. The van der Waals surface area contributed by atoms with Crippen molar-refractivity contribution in [2.24, 2.45) is 18.7 Å². The first kappa shape index (κ1) is 13.8. The van der Waals surface area contributed by atoms with E-state index in [4.69, 9.17) is 5.73 Å². The molecular weight excluding hydrogens is 246 g/mol. The molecule has 2 atom stereocenters. The summed E-state index contributed by atoms with van der Waals surface area (Å²) in [5.74, 6) is 2.84. The lowest BCUT2D eigenvalue weighted by Gasteiger charge is -2.25. The monoisotopic (exact) mass is 269 g/mol. The highest BCUT2D eigenvalue weighted by Gasteiger charge is 2.20. The molecule has 1 aromatic rings. The summed E-state index contributed by atoms with van der Waals surface area (Å²) in [5.41, 5.74) is 6.02. The predicted octanol–water partition coefficient (Wildman–Crippen LogP) is 1.14. The molecular formula is C12H23N5S. The molecule has 1 saturated carbocycles. The van der Waals surface area contributed by atoms with Crippen LogP contribution in [0.2, 0.25) is 0 Å². The van der Waals surface area contributed by atoms with Crippen LogP contribution in [0.4, 0.5) is 0 Å². The Hall–Kier alpha value is -0.590. The Bertz CT molecular complexity index is 379. The average molecular weight is 269 g/mol. The second kappa shape index (κ2) is 6.54. The molecule has 1 heterocycles. The first-order valence-corrected chi connectivity index (χ1v) is 7.60. The van der Waals surface area contributed by atoms with Crippen molar-refractivity contribution in [3.05, 3.63) is 5.82 Å². The van der Waals surface area contributed by atoms with Gasteiger partial charge in [0.05, 0.1) is 6.54 Å². The molecule has 0 amide bonds. The fourth-order valence-electron chi connectivity index (χ4n) is 2.46. The van der Waals surface area contributed by atoms with Gasteiger partial charge in [0.25, 0.3) is 0 Å². The zero-order valence-electron chi connectivity index (χ0n) is 11.2. The van der Waals surface area contributed by atoms with Crippen LogP contribution in [0.1, 0.15) is 31.5 Å². The van der Waals surface area contributed by atoms with Gasteiger partial charge < -0.3 is 15.6 Å². The first-order chi connectivity index (χ1) is 8.70. The molecule has 2 rings (SSSR count). The molecule has 0 aliphatic heterocycles. The molecule has 6 heteroatoms. The van der Waals surface area contributed by atoms with Gasteiger partial charge >= 0.3 is 0 Å². The van der Waals surface area contributed by atoms with E-state index in [9.17, 15) is 0 Å². The highest BCUT2D eigenvalue weighted by atomic mass is 32.2. The van der Waals surface area contributed by atoms with Gasteiger partial charge in [0.1, 0.15) is 5.82 Å². The van der Waals surface area contributed by atoms with Gasteiger partial charge in [-0.15, -0.1) is 10.2 Å². The summed E-state index contributed by atoms with van der Waals surface area (Å²) in [6.07, 6.45) is 4.93. The molecule has 1 fully saturated rings. The van der Waals surface area contributed by atoms with Crippen LogP contribution in [0.15, 0.2) is 5.16 Å². The third kappa shape index (κ3) is 3.46. The molecule has 5 nitrogen and oxygen atoms in total. The van der Waals surface area contributed by atoms with Crippen LogP contribution in [0.5, 0.6) is 0 Å². The number of thioether (sulfide) groups is 1. The van der Waals surface area contributed by atoms with Gasteiger partial charge in [-0.1, -0.05) is 18.2 Å². The van der Waals surface area contributed by atoms with Crippen molar-refractivity contribution < 1.29 is 0 Å². The van der Waals surface area contributed by atoms with Gasteiger partial charge in [-0.3, -0.25) is 0 Å². The topological polar surface area (TPSA) is 68.8 Å². The van der Waals surface area contributed by atoms with Crippen LogP contribution < -0.4 is 11.1 Å². The summed E-state index contributed by atoms with van der Waals surface area (Å²) in [5, 5.41) is 12.5. The molecule has 1 aromatic heterocycles. The van der Waals surface area contributed by atoms with Crippen molar-refractivity contribution in [3.8, 4) is 0 Å². The molecule has 0 unspecified atom stereocenters. The summed E-state index contributed by atoms with van der Waals surface area (Å²) in [4.78, 5) is 0. The van der Waals surface area contributed by atoms with Crippen molar-refractivity contribution in [1.82, 2.24) is 20.1 Å². The molecule has 1 aliphatic carbocycles. The van der Waals surface area contributed by atoms with E-state index in [1.165, 1.54) is 19.3 Å². The third-order valence-electron chi connectivity index (χ3n) is 3.53. The lowest BCUT2D eigenvalue weighted by molar-refractivity contribution is 0.349. The van der Waals surface area contributed by atoms with Crippen LogP contribution in [0.3, 0.4) is 0 Å². The summed E-state index contributed by atoms with van der Waals surface area (Å²) < 4.78 is 2.07. The van der Waals surface area contributed by atoms with Crippen LogP contribution in [0.25, 0.3) is 0 Å². The van der Waals surface area contributed by atoms with E-state index in [0.29, 0.717) is 6.04 Å². The van der Waals surface area contributed by atoms with E-state index in [1.807, 2.05) is 25.9 Å². The number of rotatable bonds is 5. The fourth-order valence-corrected chi connectivity index (χ4v) is 3.54. The molecule has 0 bridgehead atoms. The Morgan fingerprint density at radius 2 is 2.28 bits per heavy atom. The highest BCUT2D eigenvalue weighted by molar-refractivity contribution is 7.99. The predicted molar refractivity (Wildman–Crippen MR) is 74.4 cm³/mol. The summed E-state index contributed by atoms with van der Waals surface area (Å²) in [6, 6.07) is 0.406. The Morgan fingerprint density at radius 1 is 1.44 bits per heavy atom. The summed E-state index contributed by atoms with van der Waals surface area (Å²) >= 11 is 1.81. The molecule has 3 N–H and O–H groups in total. The molecule has 0 aromatic carbocycles. The first-order valence-electron chi connectivity index (χ1n) is 6.62. The molecule has 0 radical (unpaired) electrons. The summed E-state index contributed by atoms with van der Waals surface area (Å²) in [7, 11) is 3.95. The van der Waals surface area contributed by atoms with Gasteiger partial charge in [0, 0.05) is 18.8 Å². The smallest absolute Gasteiger partial charge is 0.190 e. The second-order valence-electron chi connectivity index (χ2n) is 5.09. The van der Waals surface area contributed by atoms with Gasteiger partial charge in [-0.05, 0) is 32.2 Å². The Labute approximate surface area is 113 Å². The number of hydrogen-bond donors (Lipinski definition) is 2. The molecule has 102 valence electrons. The maximum absolute atomic E-state index is 6.02. The van der Waals surface area contributed by atoms with E-state index < -0.39 is 0 Å². The average Bonchev–Trinajstić information content (AvgIpc) is 2.69. The molecule has 0 saturated heterocycles. The van der Waals surface area contributed by atoms with E-state index in [0.717, 1.165) is 35.6 Å².